The normalized spacial score (nSPS) is 12.3. The molecule has 0 aromatic heterocycles. The summed E-state index contributed by atoms with van der Waals surface area (Å²) in [7, 11) is 1.66. The molecule has 2 heteroatoms. The number of methoxy groups -OCH3 is 1. The highest BCUT2D eigenvalue weighted by molar-refractivity contribution is 5.39. The van der Waals surface area contributed by atoms with E-state index in [1.54, 1.807) is 7.11 Å². The van der Waals surface area contributed by atoms with Crippen LogP contribution in [0.2, 0.25) is 0 Å². The zero-order valence-corrected chi connectivity index (χ0v) is 9.74. The molecular formula is C13H17NO. The molecule has 2 nitrogen and oxygen atoms in total. The lowest BCUT2D eigenvalue weighted by atomic mass is 9.89. The highest BCUT2D eigenvalue weighted by Crippen LogP contribution is 2.27. The van der Waals surface area contributed by atoms with Gasteiger partial charge in [-0.1, -0.05) is 26.0 Å². The van der Waals surface area contributed by atoms with Crippen LogP contribution in [0.15, 0.2) is 18.2 Å². The Bertz CT molecular complexity index is 377. The third kappa shape index (κ3) is 2.50. The smallest absolute Gasteiger partial charge is 0.121 e. The van der Waals surface area contributed by atoms with Crippen LogP contribution < -0.4 is 4.74 Å². The summed E-state index contributed by atoms with van der Waals surface area (Å²) in [6, 6.07) is 8.28. The van der Waals surface area contributed by atoms with Crippen LogP contribution >= 0.6 is 0 Å². The van der Waals surface area contributed by atoms with E-state index in [1.807, 2.05) is 25.1 Å². The first-order chi connectivity index (χ1) is 7.10. The molecule has 0 saturated carbocycles. The first-order valence-electron chi connectivity index (χ1n) is 5.14. The van der Waals surface area contributed by atoms with Crippen molar-refractivity contribution in [2.75, 3.05) is 7.11 Å². The summed E-state index contributed by atoms with van der Waals surface area (Å²) in [6.45, 7) is 6.12. The van der Waals surface area contributed by atoms with E-state index in [1.165, 1.54) is 0 Å². The summed E-state index contributed by atoms with van der Waals surface area (Å²) >= 11 is 0. The predicted octanol–water partition coefficient (Wildman–Crippen LogP) is 3.27. The highest BCUT2D eigenvalue weighted by atomic mass is 16.5. The lowest BCUT2D eigenvalue weighted by Gasteiger charge is -2.15. The van der Waals surface area contributed by atoms with E-state index < -0.39 is 0 Å². The van der Waals surface area contributed by atoms with Gasteiger partial charge < -0.3 is 4.74 Å². The lowest BCUT2D eigenvalue weighted by molar-refractivity contribution is 0.411. The summed E-state index contributed by atoms with van der Waals surface area (Å²) in [4.78, 5) is 0. The molecule has 0 amide bonds. The van der Waals surface area contributed by atoms with Crippen LogP contribution in [-0.4, -0.2) is 7.11 Å². The molecule has 0 saturated heterocycles. The third-order valence-electron chi connectivity index (χ3n) is 2.58. The number of ether oxygens (including phenoxy) is 1. The summed E-state index contributed by atoms with van der Waals surface area (Å²) in [5.74, 6) is 1.18. The zero-order valence-electron chi connectivity index (χ0n) is 9.74. The zero-order chi connectivity index (χ0) is 11.4. The second kappa shape index (κ2) is 4.84. The molecule has 1 aromatic rings. The monoisotopic (exact) mass is 203 g/mol. The lowest BCUT2D eigenvalue weighted by Crippen LogP contribution is -2.04. The quantitative estimate of drug-likeness (QED) is 0.755. The van der Waals surface area contributed by atoms with Gasteiger partial charge in [0.25, 0.3) is 0 Å². The van der Waals surface area contributed by atoms with Gasteiger partial charge in [0.2, 0.25) is 0 Å². The molecule has 1 rings (SSSR count). The van der Waals surface area contributed by atoms with Gasteiger partial charge in [-0.25, -0.2) is 0 Å². The summed E-state index contributed by atoms with van der Waals surface area (Å²) in [6.07, 6.45) is 0. The van der Waals surface area contributed by atoms with Crippen LogP contribution in [0.25, 0.3) is 0 Å². The van der Waals surface area contributed by atoms with Gasteiger partial charge in [0.15, 0.2) is 0 Å². The molecule has 0 N–H and O–H groups in total. The second-order valence-electron chi connectivity index (χ2n) is 4.08. The van der Waals surface area contributed by atoms with Crippen molar-refractivity contribution in [2.45, 2.75) is 26.7 Å². The number of hydrogen-bond acceptors (Lipinski definition) is 2. The summed E-state index contributed by atoms with van der Waals surface area (Å²) in [5, 5.41) is 9.09. The molecule has 0 aliphatic rings. The maximum atomic E-state index is 9.09. The molecule has 0 fully saturated rings. The topological polar surface area (TPSA) is 33.0 Å². The number of aryl methyl sites for hydroxylation is 1. The maximum absolute atomic E-state index is 9.09. The van der Waals surface area contributed by atoms with Gasteiger partial charge in [-0.15, -0.1) is 0 Å². The van der Waals surface area contributed by atoms with Crippen LogP contribution in [0.4, 0.5) is 0 Å². The van der Waals surface area contributed by atoms with Gasteiger partial charge in [0.1, 0.15) is 5.75 Å². The van der Waals surface area contributed by atoms with Crippen molar-refractivity contribution in [2.24, 2.45) is 5.92 Å². The van der Waals surface area contributed by atoms with Crippen molar-refractivity contribution in [1.29, 1.82) is 5.26 Å². The molecular weight excluding hydrogens is 186 g/mol. The second-order valence-corrected chi connectivity index (χ2v) is 4.08. The largest absolute Gasteiger partial charge is 0.496 e. The standard InChI is InChI=1S/C13H17NO/c1-9(2)12(8-14)11-5-6-13(15-4)10(3)7-11/h5-7,9,12H,1-4H3. The van der Waals surface area contributed by atoms with E-state index in [-0.39, 0.29) is 5.92 Å². The molecule has 15 heavy (non-hydrogen) atoms. The fourth-order valence-corrected chi connectivity index (χ4v) is 1.70. The number of hydrogen-bond donors (Lipinski definition) is 0. The van der Waals surface area contributed by atoms with Gasteiger partial charge >= 0.3 is 0 Å². The molecule has 0 bridgehead atoms. The first-order valence-corrected chi connectivity index (χ1v) is 5.14. The van der Waals surface area contributed by atoms with Crippen LogP contribution in [0.1, 0.15) is 30.9 Å². The van der Waals surface area contributed by atoms with Gasteiger partial charge in [0.05, 0.1) is 19.1 Å². The Balaban J connectivity index is 3.07. The van der Waals surface area contributed by atoms with Crippen molar-refractivity contribution >= 4 is 0 Å². The first kappa shape index (κ1) is 11.6. The van der Waals surface area contributed by atoms with Gasteiger partial charge in [0, 0.05) is 0 Å². The maximum Gasteiger partial charge on any atom is 0.121 e. The van der Waals surface area contributed by atoms with Crippen molar-refractivity contribution in [3.05, 3.63) is 29.3 Å². The van der Waals surface area contributed by atoms with Crippen LogP contribution in [0.5, 0.6) is 5.75 Å². The van der Waals surface area contributed by atoms with Gasteiger partial charge in [-0.3, -0.25) is 0 Å². The summed E-state index contributed by atoms with van der Waals surface area (Å²) in [5.41, 5.74) is 2.15. The molecule has 0 radical (unpaired) electrons. The molecule has 1 atom stereocenters. The van der Waals surface area contributed by atoms with Crippen molar-refractivity contribution in [1.82, 2.24) is 0 Å². The molecule has 0 heterocycles. The Morgan fingerprint density at radius 3 is 2.40 bits per heavy atom. The SMILES string of the molecule is COc1ccc(C(C#N)C(C)C)cc1C. The highest BCUT2D eigenvalue weighted by Gasteiger charge is 2.15. The molecule has 0 aliphatic heterocycles. The van der Waals surface area contributed by atoms with E-state index in [0.717, 1.165) is 16.9 Å². The third-order valence-corrected chi connectivity index (χ3v) is 2.58. The Kier molecular flexibility index (Phi) is 3.74. The Hall–Kier alpha value is -1.49. The van der Waals surface area contributed by atoms with E-state index in [4.69, 9.17) is 10.00 Å². The molecule has 80 valence electrons. The van der Waals surface area contributed by atoms with E-state index >= 15 is 0 Å². The number of nitriles is 1. The van der Waals surface area contributed by atoms with Crippen molar-refractivity contribution in [3.8, 4) is 11.8 Å². The molecule has 0 spiro atoms. The molecule has 0 aliphatic carbocycles. The number of benzene rings is 1. The van der Waals surface area contributed by atoms with E-state index in [9.17, 15) is 0 Å². The van der Waals surface area contributed by atoms with Gasteiger partial charge in [-0.05, 0) is 30.0 Å². The van der Waals surface area contributed by atoms with Gasteiger partial charge in [-0.2, -0.15) is 5.26 Å². The van der Waals surface area contributed by atoms with E-state index in [2.05, 4.69) is 19.9 Å². The van der Waals surface area contributed by atoms with Crippen molar-refractivity contribution < 1.29 is 4.74 Å². The summed E-state index contributed by atoms with van der Waals surface area (Å²) < 4.78 is 5.19. The Morgan fingerprint density at radius 1 is 1.33 bits per heavy atom. The predicted molar refractivity (Wildman–Crippen MR) is 60.9 cm³/mol. The number of nitrogens with zero attached hydrogens (tertiary/aromatic N) is 1. The van der Waals surface area contributed by atoms with Crippen LogP contribution in [0, 0.1) is 24.2 Å². The fourth-order valence-electron chi connectivity index (χ4n) is 1.70. The molecule has 1 unspecified atom stereocenters. The minimum absolute atomic E-state index is 0.0328. The number of rotatable bonds is 3. The molecule has 1 aromatic carbocycles. The Morgan fingerprint density at radius 2 is 2.00 bits per heavy atom. The van der Waals surface area contributed by atoms with Crippen molar-refractivity contribution in [3.63, 3.8) is 0 Å². The fraction of sp³-hybridized carbons (Fsp3) is 0.462. The minimum atomic E-state index is -0.0328. The average Bonchev–Trinajstić information content (AvgIpc) is 2.18. The van der Waals surface area contributed by atoms with E-state index in [0.29, 0.717) is 5.92 Å². The minimum Gasteiger partial charge on any atom is -0.496 e. The average molecular weight is 203 g/mol. The van der Waals surface area contributed by atoms with Crippen LogP contribution in [0.3, 0.4) is 0 Å². The van der Waals surface area contributed by atoms with Crippen LogP contribution in [-0.2, 0) is 0 Å². The Labute approximate surface area is 91.5 Å².